The molecule has 31 heavy (non-hydrogen) atoms. The molecule has 2 atom stereocenters. The maximum Gasteiger partial charge on any atom is 0.224 e. The van der Waals surface area contributed by atoms with Gasteiger partial charge in [-0.15, -0.1) is 0 Å². The highest BCUT2D eigenvalue weighted by atomic mass is 19.1. The Morgan fingerprint density at radius 3 is 2.52 bits per heavy atom. The van der Waals surface area contributed by atoms with Gasteiger partial charge in [-0.25, -0.2) is 4.39 Å². The van der Waals surface area contributed by atoms with Crippen LogP contribution in [0, 0.1) is 18.7 Å². The average Bonchev–Trinajstić information content (AvgIpc) is 2.78. The lowest BCUT2D eigenvalue weighted by atomic mass is 9.83. The molecule has 1 amide bonds. The van der Waals surface area contributed by atoms with Gasteiger partial charge < -0.3 is 5.32 Å². The van der Waals surface area contributed by atoms with Crippen molar-refractivity contribution in [2.24, 2.45) is 5.92 Å². The summed E-state index contributed by atoms with van der Waals surface area (Å²) in [4.78, 5) is 15.5. The number of carbonyl (C=O) groups is 1. The Morgan fingerprint density at radius 1 is 0.968 bits per heavy atom. The van der Waals surface area contributed by atoms with Gasteiger partial charge in [-0.05, 0) is 48.1 Å². The number of rotatable bonds is 6. The van der Waals surface area contributed by atoms with Crippen LogP contribution in [0.5, 0.6) is 0 Å². The number of nitrogens with zero attached hydrogens (tertiary/aromatic N) is 1. The topological polar surface area (TPSA) is 32.3 Å². The minimum atomic E-state index is -0.280. The van der Waals surface area contributed by atoms with Gasteiger partial charge in [0.1, 0.15) is 5.82 Å². The quantitative estimate of drug-likeness (QED) is 0.609. The molecule has 1 aliphatic rings. The molecular weight excluding hydrogens is 387 g/mol. The first kappa shape index (κ1) is 21.3. The van der Waals surface area contributed by atoms with Crippen molar-refractivity contribution < 1.29 is 9.18 Å². The van der Waals surface area contributed by atoms with Gasteiger partial charge in [-0.2, -0.15) is 0 Å². The highest BCUT2D eigenvalue weighted by molar-refractivity contribution is 5.79. The molecule has 3 aromatic carbocycles. The van der Waals surface area contributed by atoms with Crippen LogP contribution in [0.2, 0.25) is 0 Å². The number of likely N-dealkylation sites (tertiary alicyclic amines) is 1. The van der Waals surface area contributed by atoms with Gasteiger partial charge in [0.05, 0.1) is 5.92 Å². The first-order valence-corrected chi connectivity index (χ1v) is 10.9. The second-order valence-electron chi connectivity index (χ2n) is 8.57. The normalized spacial score (nSPS) is 19.2. The van der Waals surface area contributed by atoms with Crippen LogP contribution in [-0.2, 0) is 17.9 Å². The van der Waals surface area contributed by atoms with Crippen molar-refractivity contribution in [3.63, 3.8) is 0 Å². The third-order valence-electron chi connectivity index (χ3n) is 6.02. The standard InChI is InChI=1S/C27H29FN2O/c1-20-7-5-11-23(13-20)24-15-25(19-30(18-24)17-21-8-3-2-4-9-21)27(31)29-16-22-10-6-12-26(28)14-22/h2-14,24-25H,15-19H2,1H3,(H,29,31)/t24-,25-/m0/s1. The summed E-state index contributed by atoms with van der Waals surface area (Å²) in [5.41, 5.74) is 4.57. The van der Waals surface area contributed by atoms with Crippen molar-refractivity contribution in [2.45, 2.75) is 32.4 Å². The van der Waals surface area contributed by atoms with E-state index in [-0.39, 0.29) is 17.6 Å². The smallest absolute Gasteiger partial charge is 0.224 e. The Kier molecular flexibility index (Phi) is 6.78. The lowest BCUT2D eigenvalue weighted by molar-refractivity contribution is -0.127. The second-order valence-corrected chi connectivity index (χ2v) is 8.57. The predicted molar refractivity (Wildman–Crippen MR) is 122 cm³/mol. The Bertz CT molecular complexity index is 1020. The summed E-state index contributed by atoms with van der Waals surface area (Å²) in [7, 11) is 0. The fraction of sp³-hybridized carbons (Fsp3) is 0.296. The number of piperidine rings is 1. The molecule has 0 aliphatic carbocycles. The maximum atomic E-state index is 13.5. The highest BCUT2D eigenvalue weighted by Gasteiger charge is 2.32. The molecule has 4 heteroatoms. The molecule has 1 fully saturated rings. The fourth-order valence-electron chi connectivity index (χ4n) is 4.50. The van der Waals surface area contributed by atoms with Crippen LogP contribution in [0.25, 0.3) is 0 Å². The van der Waals surface area contributed by atoms with Gasteiger partial charge in [0, 0.05) is 26.2 Å². The van der Waals surface area contributed by atoms with Crippen LogP contribution in [0.4, 0.5) is 4.39 Å². The van der Waals surface area contributed by atoms with E-state index in [1.165, 1.54) is 28.8 Å². The van der Waals surface area contributed by atoms with E-state index in [2.05, 4.69) is 65.7 Å². The van der Waals surface area contributed by atoms with E-state index in [9.17, 15) is 9.18 Å². The van der Waals surface area contributed by atoms with E-state index in [0.717, 1.165) is 31.6 Å². The van der Waals surface area contributed by atoms with E-state index in [0.29, 0.717) is 12.5 Å². The number of hydrogen-bond acceptors (Lipinski definition) is 2. The molecule has 3 nitrogen and oxygen atoms in total. The van der Waals surface area contributed by atoms with Crippen molar-refractivity contribution in [3.8, 4) is 0 Å². The number of nitrogens with one attached hydrogen (secondary N) is 1. The van der Waals surface area contributed by atoms with Crippen LogP contribution in [-0.4, -0.2) is 23.9 Å². The molecule has 3 aromatic rings. The first-order chi connectivity index (χ1) is 15.1. The number of aryl methyl sites for hydroxylation is 1. The molecule has 1 saturated heterocycles. The average molecular weight is 417 g/mol. The molecule has 0 saturated carbocycles. The zero-order valence-electron chi connectivity index (χ0n) is 17.9. The van der Waals surface area contributed by atoms with Crippen molar-refractivity contribution in [1.82, 2.24) is 10.2 Å². The third-order valence-corrected chi connectivity index (χ3v) is 6.02. The highest BCUT2D eigenvalue weighted by Crippen LogP contribution is 2.31. The number of carbonyl (C=O) groups excluding carboxylic acids is 1. The van der Waals surface area contributed by atoms with Crippen molar-refractivity contribution in [1.29, 1.82) is 0 Å². The molecular formula is C27H29FN2O. The molecule has 0 spiro atoms. The molecule has 0 unspecified atom stereocenters. The molecule has 160 valence electrons. The molecule has 1 N–H and O–H groups in total. The minimum absolute atomic E-state index is 0.0414. The van der Waals surface area contributed by atoms with Gasteiger partial charge in [0.25, 0.3) is 0 Å². The number of halogens is 1. The van der Waals surface area contributed by atoms with E-state index in [1.54, 1.807) is 6.07 Å². The third kappa shape index (κ3) is 5.80. The monoisotopic (exact) mass is 416 g/mol. The summed E-state index contributed by atoms with van der Waals surface area (Å²) >= 11 is 0. The van der Waals surface area contributed by atoms with Gasteiger partial charge in [-0.3, -0.25) is 9.69 Å². The van der Waals surface area contributed by atoms with Crippen molar-refractivity contribution >= 4 is 5.91 Å². The van der Waals surface area contributed by atoms with Crippen LogP contribution in [0.15, 0.2) is 78.9 Å². The van der Waals surface area contributed by atoms with Crippen LogP contribution in [0.1, 0.15) is 34.6 Å². The zero-order valence-corrected chi connectivity index (χ0v) is 17.9. The number of benzene rings is 3. The second kappa shape index (κ2) is 9.88. The molecule has 0 bridgehead atoms. The summed E-state index contributed by atoms with van der Waals surface area (Å²) in [5.74, 6) is -0.0311. The van der Waals surface area contributed by atoms with E-state index in [4.69, 9.17) is 0 Å². The molecule has 0 radical (unpaired) electrons. The lowest BCUT2D eigenvalue weighted by Gasteiger charge is -2.37. The van der Waals surface area contributed by atoms with Gasteiger partial charge in [0.15, 0.2) is 0 Å². The molecule has 1 aliphatic heterocycles. The number of amides is 1. The van der Waals surface area contributed by atoms with Crippen LogP contribution >= 0.6 is 0 Å². The van der Waals surface area contributed by atoms with Gasteiger partial charge in [-0.1, -0.05) is 72.3 Å². The van der Waals surface area contributed by atoms with Crippen molar-refractivity contribution in [3.05, 3.63) is 107 Å². The zero-order chi connectivity index (χ0) is 21.6. The summed E-state index contributed by atoms with van der Waals surface area (Å²) in [5, 5.41) is 3.03. The Morgan fingerprint density at radius 2 is 1.74 bits per heavy atom. The Labute approximate surface area is 183 Å². The van der Waals surface area contributed by atoms with Crippen LogP contribution < -0.4 is 5.32 Å². The molecule has 0 aromatic heterocycles. The minimum Gasteiger partial charge on any atom is -0.352 e. The summed E-state index contributed by atoms with van der Waals surface area (Å²) in [6, 6.07) is 25.4. The van der Waals surface area contributed by atoms with Crippen molar-refractivity contribution in [2.75, 3.05) is 13.1 Å². The predicted octanol–water partition coefficient (Wildman–Crippen LogP) is 5.06. The van der Waals surface area contributed by atoms with Gasteiger partial charge in [0.2, 0.25) is 5.91 Å². The summed E-state index contributed by atoms with van der Waals surface area (Å²) in [6.45, 7) is 4.95. The Balaban J connectivity index is 1.48. The van der Waals surface area contributed by atoms with E-state index < -0.39 is 0 Å². The lowest BCUT2D eigenvalue weighted by Crippen LogP contribution is -2.45. The summed E-state index contributed by atoms with van der Waals surface area (Å²) in [6.07, 6.45) is 0.823. The van der Waals surface area contributed by atoms with E-state index >= 15 is 0 Å². The maximum absolute atomic E-state index is 13.5. The number of hydrogen-bond donors (Lipinski definition) is 1. The first-order valence-electron chi connectivity index (χ1n) is 10.9. The molecule has 4 rings (SSSR count). The van der Waals surface area contributed by atoms with Crippen LogP contribution in [0.3, 0.4) is 0 Å². The van der Waals surface area contributed by atoms with E-state index in [1.807, 2.05) is 12.1 Å². The fourth-order valence-corrected chi connectivity index (χ4v) is 4.50. The SMILES string of the molecule is Cc1cccc([C@H]2C[C@H](C(=O)NCc3cccc(F)c3)CN(Cc3ccccc3)C2)c1. The Hall–Kier alpha value is -2.98. The summed E-state index contributed by atoms with van der Waals surface area (Å²) < 4.78 is 13.5. The van der Waals surface area contributed by atoms with Gasteiger partial charge >= 0.3 is 0 Å². The molecule has 1 heterocycles. The largest absolute Gasteiger partial charge is 0.352 e.